The summed E-state index contributed by atoms with van der Waals surface area (Å²) in [5, 5.41) is 17.4. The first-order valence-electron chi connectivity index (χ1n) is 16.8. The maximum atomic E-state index is 14.2. The van der Waals surface area contributed by atoms with Crippen molar-refractivity contribution < 1.29 is 45.7 Å². The molecule has 3 heterocycles. The molecule has 2 aromatic carbocycles. The number of fused-ring (bicyclic) bond motifs is 1. The van der Waals surface area contributed by atoms with E-state index in [1.165, 1.54) is 12.1 Å². The molecule has 49 heavy (non-hydrogen) atoms. The standard InChI is InChI=1S/C34H44F2N4O8S/c1-18(2)15-40(49(43,44)24-5-6-26-30(14-24)47-33(38-26)37-19(3)4)16-28(41)27(11-20-9-22(35)13-23(36)10-20)39-34(42)48-29-12-21-17-46-32-31(21)25(29)7-8-45-32/h5-6,9-10,13-14,18-19,21,25,27-29,31-32,41H,7-8,11-12,15-17H2,1-4H3,(H,37,38)(H,39,42)/t21?,25?,27-,28+,29-,31+,32+/m0/s1. The maximum absolute atomic E-state index is 14.2. The number of oxazole rings is 1. The second kappa shape index (κ2) is 14.5. The number of aliphatic hydroxyl groups is 1. The monoisotopic (exact) mass is 706 g/mol. The molecular formula is C34H44F2N4O8S. The topological polar surface area (TPSA) is 152 Å². The minimum Gasteiger partial charge on any atom is -0.446 e. The van der Waals surface area contributed by atoms with Crippen LogP contribution in [0.4, 0.5) is 19.6 Å². The van der Waals surface area contributed by atoms with Crippen molar-refractivity contribution in [3.05, 3.63) is 53.6 Å². The molecule has 2 unspecified atom stereocenters. The molecule has 0 spiro atoms. The Hall–Kier alpha value is -3.37. The number of nitrogens with zero attached hydrogens (tertiary/aromatic N) is 2. The van der Waals surface area contributed by atoms with Gasteiger partial charge in [0.1, 0.15) is 23.3 Å². The van der Waals surface area contributed by atoms with Gasteiger partial charge in [-0.3, -0.25) is 0 Å². The van der Waals surface area contributed by atoms with Crippen LogP contribution in [0.3, 0.4) is 0 Å². The van der Waals surface area contributed by atoms with Crippen LogP contribution in [-0.2, 0) is 30.7 Å². The van der Waals surface area contributed by atoms with Crippen LogP contribution in [-0.4, -0.2) is 85.8 Å². The lowest BCUT2D eigenvalue weighted by atomic mass is 9.87. The molecule has 3 fully saturated rings. The predicted octanol–water partition coefficient (Wildman–Crippen LogP) is 4.67. The van der Waals surface area contributed by atoms with Gasteiger partial charge in [-0.2, -0.15) is 9.29 Å². The lowest BCUT2D eigenvalue weighted by Crippen LogP contribution is -2.51. The number of rotatable bonds is 13. The number of amides is 1. The second-order valence-corrected chi connectivity index (χ2v) is 15.9. The zero-order chi connectivity index (χ0) is 35.0. The Morgan fingerprint density at radius 2 is 1.86 bits per heavy atom. The van der Waals surface area contributed by atoms with Crippen molar-refractivity contribution in [2.75, 3.05) is 31.6 Å². The van der Waals surface area contributed by atoms with Gasteiger partial charge < -0.3 is 34.4 Å². The minimum absolute atomic E-state index is 0.0393. The molecule has 2 aliphatic heterocycles. The number of hydrogen-bond acceptors (Lipinski definition) is 10. The number of carbonyl (C=O) groups is 1. The summed E-state index contributed by atoms with van der Waals surface area (Å²) in [6, 6.07) is 6.43. The summed E-state index contributed by atoms with van der Waals surface area (Å²) < 4.78 is 80.7. The van der Waals surface area contributed by atoms with Crippen LogP contribution in [0.15, 0.2) is 45.7 Å². The lowest BCUT2D eigenvalue weighted by molar-refractivity contribution is -0.173. The van der Waals surface area contributed by atoms with Crippen molar-refractivity contribution in [2.45, 2.75) is 82.4 Å². The van der Waals surface area contributed by atoms with Gasteiger partial charge in [-0.1, -0.05) is 13.8 Å². The molecule has 1 aliphatic carbocycles. The molecule has 268 valence electrons. The third-order valence-corrected chi connectivity index (χ3v) is 11.2. The smallest absolute Gasteiger partial charge is 0.407 e. The van der Waals surface area contributed by atoms with Gasteiger partial charge in [0.25, 0.3) is 6.01 Å². The number of anilines is 1. The SMILES string of the molecule is CC(C)CN(C[C@@H](O)[C@H](Cc1cc(F)cc(F)c1)NC(=O)O[C@H]1CC2CO[C@H]3OCCC1[C@@H]23)S(=O)(=O)c1ccc2nc(NC(C)C)oc2c1. The van der Waals surface area contributed by atoms with Crippen LogP contribution < -0.4 is 10.6 Å². The highest BCUT2D eigenvalue weighted by Gasteiger charge is 2.55. The Kier molecular flexibility index (Phi) is 10.5. The van der Waals surface area contributed by atoms with Gasteiger partial charge in [0.15, 0.2) is 11.9 Å². The highest BCUT2D eigenvalue weighted by molar-refractivity contribution is 7.89. The molecule has 7 atom stereocenters. The number of sulfonamides is 1. The van der Waals surface area contributed by atoms with E-state index in [0.29, 0.717) is 31.6 Å². The van der Waals surface area contributed by atoms with Crippen LogP contribution in [0.1, 0.15) is 46.1 Å². The fraction of sp³-hybridized carbons (Fsp3) is 0.588. The molecule has 0 bridgehead atoms. The van der Waals surface area contributed by atoms with Gasteiger partial charge in [0.2, 0.25) is 10.0 Å². The van der Waals surface area contributed by atoms with E-state index in [9.17, 15) is 27.1 Å². The number of alkyl carbamates (subject to hydrolysis) is 1. The van der Waals surface area contributed by atoms with Crippen LogP contribution in [0, 0.1) is 35.3 Å². The summed E-state index contributed by atoms with van der Waals surface area (Å²) in [5.74, 6) is -1.39. The summed E-state index contributed by atoms with van der Waals surface area (Å²) in [4.78, 5) is 17.7. The first kappa shape index (κ1) is 35.5. The Balaban J connectivity index is 1.22. The number of carbonyl (C=O) groups excluding carboxylic acids is 1. The first-order valence-corrected chi connectivity index (χ1v) is 18.2. The molecule has 1 aromatic heterocycles. The number of aliphatic hydroxyl groups excluding tert-OH is 1. The van der Waals surface area contributed by atoms with E-state index in [1.54, 1.807) is 6.07 Å². The van der Waals surface area contributed by atoms with Gasteiger partial charge in [-0.05, 0) is 74.8 Å². The van der Waals surface area contributed by atoms with E-state index in [0.717, 1.165) is 22.5 Å². The summed E-state index contributed by atoms with van der Waals surface area (Å²) in [5.41, 5.74) is 0.905. The molecule has 6 rings (SSSR count). The van der Waals surface area contributed by atoms with Crippen molar-refractivity contribution in [3.8, 4) is 0 Å². The first-order chi connectivity index (χ1) is 23.3. The fourth-order valence-corrected chi connectivity index (χ4v) is 8.92. The molecule has 3 aliphatic rings. The number of ether oxygens (including phenoxy) is 3. The molecule has 2 saturated heterocycles. The second-order valence-electron chi connectivity index (χ2n) is 14.0. The largest absolute Gasteiger partial charge is 0.446 e. The van der Waals surface area contributed by atoms with Crippen molar-refractivity contribution in [2.24, 2.45) is 23.7 Å². The molecule has 0 radical (unpaired) electrons. The third kappa shape index (κ3) is 8.01. The summed E-state index contributed by atoms with van der Waals surface area (Å²) in [6.07, 6.45) is -1.88. The van der Waals surface area contributed by atoms with Crippen molar-refractivity contribution in [3.63, 3.8) is 0 Å². The molecule has 3 aromatic rings. The number of hydrogen-bond donors (Lipinski definition) is 3. The molecule has 15 heteroatoms. The summed E-state index contributed by atoms with van der Waals surface area (Å²) in [7, 11) is -4.20. The van der Waals surface area contributed by atoms with Crippen molar-refractivity contribution >= 4 is 33.2 Å². The van der Waals surface area contributed by atoms with Gasteiger partial charge in [0.05, 0.1) is 30.3 Å². The number of nitrogens with one attached hydrogen (secondary N) is 2. The number of aromatic nitrogens is 1. The highest BCUT2D eigenvalue weighted by Crippen LogP contribution is 2.50. The average Bonchev–Trinajstić information content (AvgIpc) is 3.71. The Labute approximate surface area is 284 Å². The third-order valence-electron chi connectivity index (χ3n) is 9.35. The van der Waals surface area contributed by atoms with Gasteiger partial charge in [-0.25, -0.2) is 22.0 Å². The molecule has 12 nitrogen and oxygen atoms in total. The molecule has 1 saturated carbocycles. The Morgan fingerprint density at radius 3 is 2.57 bits per heavy atom. The maximum Gasteiger partial charge on any atom is 0.407 e. The predicted molar refractivity (Wildman–Crippen MR) is 175 cm³/mol. The van der Waals surface area contributed by atoms with Crippen LogP contribution in [0.25, 0.3) is 11.1 Å². The zero-order valence-corrected chi connectivity index (χ0v) is 28.8. The fourth-order valence-electron chi connectivity index (χ4n) is 7.28. The van der Waals surface area contributed by atoms with Crippen LogP contribution >= 0.6 is 0 Å². The lowest BCUT2D eigenvalue weighted by Gasteiger charge is -2.33. The molecule has 3 N–H and O–H groups in total. The van der Waals surface area contributed by atoms with Gasteiger partial charge in [-0.15, -0.1) is 0 Å². The average molecular weight is 707 g/mol. The van der Waals surface area contributed by atoms with E-state index in [2.05, 4.69) is 15.6 Å². The number of halogens is 2. The van der Waals surface area contributed by atoms with E-state index in [4.69, 9.17) is 18.6 Å². The molecular weight excluding hydrogens is 662 g/mol. The van der Waals surface area contributed by atoms with E-state index in [1.807, 2.05) is 27.7 Å². The quantitative estimate of drug-likeness (QED) is 0.229. The summed E-state index contributed by atoms with van der Waals surface area (Å²) >= 11 is 0. The van der Waals surface area contributed by atoms with E-state index >= 15 is 0 Å². The van der Waals surface area contributed by atoms with Crippen molar-refractivity contribution in [1.82, 2.24) is 14.6 Å². The van der Waals surface area contributed by atoms with Crippen LogP contribution in [0.2, 0.25) is 0 Å². The van der Waals surface area contributed by atoms with E-state index in [-0.39, 0.29) is 71.0 Å². The highest BCUT2D eigenvalue weighted by atomic mass is 32.2. The zero-order valence-electron chi connectivity index (χ0n) is 28.0. The van der Waals surface area contributed by atoms with Gasteiger partial charge in [0, 0.05) is 43.1 Å². The Morgan fingerprint density at radius 1 is 1.10 bits per heavy atom. The summed E-state index contributed by atoms with van der Waals surface area (Å²) in [6.45, 7) is 8.14. The van der Waals surface area contributed by atoms with Crippen LogP contribution in [0.5, 0.6) is 0 Å². The van der Waals surface area contributed by atoms with Crippen molar-refractivity contribution in [1.29, 1.82) is 0 Å². The molecule has 1 amide bonds. The van der Waals surface area contributed by atoms with E-state index < -0.39 is 52.5 Å². The van der Waals surface area contributed by atoms with Gasteiger partial charge >= 0.3 is 6.09 Å². The Bertz CT molecular complexity index is 1730. The minimum atomic E-state index is -4.20. The normalized spacial score (nSPS) is 24.8. The number of benzene rings is 2.